The van der Waals surface area contributed by atoms with Gasteiger partial charge in [0.1, 0.15) is 4.90 Å². The molecule has 3 atom stereocenters. The first-order chi connectivity index (χ1) is 9.83. The first-order valence-electron chi connectivity index (χ1n) is 7.05. The largest absolute Gasteiger partial charge is 0.242 e. The maximum absolute atomic E-state index is 12.4. The van der Waals surface area contributed by atoms with Crippen LogP contribution in [0.25, 0.3) is 0 Å². The fourth-order valence-corrected chi connectivity index (χ4v) is 4.55. The number of nitriles is 1. The van der Waals surface area contributed by atoms with E-state index in [1.807, 2.05) is 6.07 Å². The summed E-state index contributed by atoms with van der Waals surface area (Å²) in [5.41, 5.74) is 0.346. The zero-order chi connectivity index (χ0) is 15.6. The minimum Gasteiger partial charge on any atom is -0.208 e. The summed E-state index contributed by atoms with van der Waals surface area (Å²) in [5, 5.41) is 8.88. The smallest absolute Gasteiger partial charge is 0.208 e. The first kappa shape index (κ1) is 16.3. The molecule has 4 nitrogen and oxygen atoms in total. The van der Waals surface area contributed by atoms with Crippen molar-refractivity contribution in [3.8, 4) is 6.07 Å². The summed E-state index contributed by atoms with van der Waals surface area (Å²) in [4.78, 5) is 0.0365. The highest BCUT2D eigenvalue weighted by Gasteiger charge is 2.29. The lowest BCUT2D eigenvalue weighted by Crippen LogP contribution is -2.39. The third kappa shape index (κ3) is 3.76. The maximum atomic E-state index is 12.4. The average Bonchev–Trinajstić information content (AvgIpc) is 2.42. The number of hydrogen-bond donors (Lipinski definition) is 1. The van der Waals surface area contributed by atoms with Gasteiger partial charge in [-0.3, -0.25) is 0 Å². The van der Waals surface area contributed by atoms with E-state index < -0.39 is 10.0 Å². The predicted molar refractivity (Wildman–Crippen MR) is 82.5 cm³/mol. The third-order valence-electron chi connectivity index (χ3n) is 4.27. The molecule has 1 aromatic carbocycles. The van der Waals surface area contributed by atoms with Crippen molar-refractivity contribution in [1.82, 2.24) is 4.72 Å². The number of nitrogens with one attached hydrogen (secondary N) is 1. The van der Waals surface area contributed by atoms with Crippen molar-refractivity contribution in [2.75, 3.05) is 0 Å². The van der Waals surface area contributed by atoms with Gasteiger partial charge in [0.15, 0.2) is 0 Å². The molecule has 6 heteroatoms. The molecule has 114 valence electrons. The van der Waals surface area contributed by atoms with Crippen LogP contribution in [0.15, 0.2) is 23.1 Å². The Morgan fingerprint density at radius 1 is 1.29 bits per heavy atom. The van der Waals surface area contributed by atoms with Crippen molar-refractivity contribution in [2.45, 2.75) is 44.0 Å². The molecule has 0 amide bonds. The zero-order valence-electron chi connectivity index (χ0n) is 12.1. The molecule has 0 aliphatic heterocycles. The Kier molecular flexibility index (Phi) is 4.92. The molecular weight excluding hydrogens is 308 g/mol. The Balaban J connectivity index is 2.18. The first-order valence-corrected chi connectivity index (χ1v) is 8.91. The Bertz CT molecular complexity index is 667. The molecule has 2 rings (SSSR count). The lowest BCUT2D eigenvalue weighted by Gasteiger charge is -2.32. The van der Waals surface area contributed by atoms with Crippen LogP contribution in [0, 0.1) is 23.2 Å². The molecule has 0 saturated heterocycles. The molecule has 0 bridgehead atoms. The Labute approximate surface area is 131 Å². The topological polar surface area (TPSA) is 70.0 Å². The van der Waals surface area contributed by atoms with Crippen molar-refractivity contribution >= 4 is 21.6 Å². The van der Waals surface area contributed by atoms with Crippen molar-refractivity contribution in [2.24, 2.45) is 11.8 Å². The minimum atomic E-state index is -3.65. The molecule has 1 saturated carbocycles. The Hall–Kier alpha value is -1.09. The standard InChI is InChI=1S/C15H19ClN2O2S/c1-10-3-5-13(7-11(10)2)18-21(19,20)15-6-4-12(9-17)8-14(15)16/h4,6,8,10-11,13,18H,3,5,7H2,1-2H3. The summed E-state index contributed by atoms with van der Waals surface area (Å²) in [6.45, 7) is 4.35. The summed E-state index contributed by atoms with van der Waals surface area (Å²) in [6.07, 6.45) is 2.71. The number of halogens is 1. The summed E-state index contributed by atoms with van der Waals surface area (Å²) < 4.78 is 27.6. The molecule has 1 aliphatic rings. The van der Waals surface area contributed by atoms with Gasteiger partial charge in [0.05, 0.1) is 16.7 Å². The number of hydrogen-bond acceptors (Lipinski definition) is 3. The molecule has 3 unspecified atom stereocenters. The summed E-state index contributed by atoms with van der Waals surface area (Å²) >= 11 is 5.99. The van der Waals surface area contributed by atoms with Gasteiger partial charge in [-0.05, 0) is 49.3 Å². The number of sulfonamides is 1. The van der Waals surface area contributed by atoms with E-state index in [-0.39, 0.29) is 16.0 Å². The lowest BCUT2D eigenvalue weighted by molar-refractivity contribution is 0.242. The third-order valence-corrected chi connectivity index (χ3v) is 6.27. The summed E-state index contributed by atoms with van der Waals surface area (Å²) in [6, 6.07) is 6.12. The van der Waals surface area contributed by atoms with Crippen LogP contribution in [0.1, 0.15) is 38.7 Å². The Morgan fingerprint density at radius 3 is 2.57 bits per heavy atom. The van der Waals surface area contributed by atoms with Crippen molar-refractivity contribution in [3.05, 3.63) is 28.8 Å². The van der Waals surface area contributed by atoms with Gasteiger partial charge in [-0.25, -0.2) is 13.1 Å². The molecule has 1 N–H and O–H groups in total. The fraction of sp³-hybridized carbons (Fsp3) is 0.533. The highest BCUT2D eigenvalue weighted by molar-refractivity contribution is 7.89. The monoisotopic (exact) mass is 326 g/mol. The van der Waals surface area contributed by atoms with Crippen molar-refractivity contribution in [3.63, 3.8) is 0 Å². The fourth-order valence-electron chi connectivity index (χ4n) is 2.73. The molecule has 0 spiro atoms. The molecule has 1 fully saturated rings. The van der Waals surface area contributed by atoms with E-state index in [9.17, 15) is 8.42 Å². The van der Waals surface area contributed by atoms with Crippen LogP contribution in [0.2, 0.25) is 5.02 Å². The van der Waals surface area contributed by atoms with Crippen LogP contribution >= 0.6 is 11.6 Å². The van der Waals surface area contributed by atoms with E-state index in [4.69, 9.17) is 16.9 Å². The maximum Gasteiger partial charge on any atom is 0.242 e. The molecule has 0 aromatic heterocycles. The van der Waals surface area contributed by atoms with Gasteiger partial charge in [-0.1, -0.05) is 25.4 Å². The van der Waals surface area contributed by atoms with E-state index in [2.05, 4.69) is 18.6 Å². The van der Waals surface area contributed by atoms with Crippen LogP contribution < -0.4 is 4.72 Å². The SMILES string of the molecule is CC1CCC(NS(=O)(=O)c2ccc(C#N)cc2Cl)CC1C. The van der Waals surface area contributed by atoms with Gasteiger partial charge in [0, 0.05) is 6.04 Å². The summed E-state index contributed by atoms with van der Waals surface area (Å²) in [7, 11) is -3.65. The summed E-state index contributed by atoms with van der Waals surface area (Å²) in [5.74, 6) is 1.13. The van der Waals surface area contributed by atoms with Gasteiger partial charge >= 0.3 is 0 Å². The second-order valence-corrected chi connectivity index (χ2v) is 7.93. The van der Waals surface area contributed by atoms with E-state index >= 15 is 0 Å². The Morgan fingerprint density at radius 2 is 2.00 bits per heavy atom. The minimum absolute atomic E-state index is 0.0365. The van der Waals surface area contributed by atoms with Gasteiger partial charge in [-0.2, -0.15) is 5.26 Å². The lowest BCUT2D eigenvalue weighted by atomic mass is 9.79. The molecule has 1 aromatic rings. The average molecular weight is 327 g/mol. The molecule has 0 radical (unpaired) electrons. The van der Waals surface area contributed by atoms with Gasteiger partial charge in [0.25, 0.3) is 0 Å². The van der Waals surface area contributed by atoms with Crippen LogP contribution in [-0.2, 0) is 10.0 Å². The van der Waals surface area contributed by atoms with E-state index in [1.165, 1.54) is 18.2 Å². The second kappa shape index (κ2) is 6.35. The van der Waals surface area contributed by atoms with E-state index in [0.29, 0.717) is 17.4 Å². The highest BCUT2D eigenvalue weighted by Crippen LogP contribution is 2.31. The molecule has 21 heavy (non-hydrogen) atoms. The normalized spacial score (nSPS) is 26.3. The zero-order valence-corrected chi connectivity index (χ0v) is 13.7. The molecule has 1 aliphatic carbocycles. The quantitative estimate of drug-likeness (QED) is 0.926. The molecular formula is C15H19ClN2O2S. The van der Waals surface area contributed by atoms with Crippen LogP contribution in [0.4, 0.5) is 0 Å². The predicted octanol–water partition coefficient (Wildman–Crippen LogP) is 3.31. The van der Waals surface area contributed by atoms with Crippen LogP contribution in [0.5, 0.6) is 0 Å². The van der Waals surface area contributed by atoms with Gasteiger partial charge in [0.2, 0.25) is 10.0 Å². The van der Waals surface area contributed by atoms with Crippen molar-refractivity contribution < 1.29 is 8.42 Å². The van der Waals surface area contributed by atoms with Crippen molar-refractivity contribution in [1.29, 1.82) is 5.26 Å². The highest BCUT2D eigenvalue weighted by atomic mass is 35.5. The number of rotatable bonds is 3. The van der Waals surface area contributed by atoms with Gasteiger partial charge in [-0.15, -0.1) is 0 Å². The second-order valence-electron chi connectivity index (χ2n) is 5.84. The molecule has 0 heterocycles. The van der Waals surface area contributed by atoms with Crippen LogP contribution in [0.3, 0.4) is 0 Å². The van der Waals surface area contributed by atoms with Crippen LogP contribution in [-0.4, -0.2) is 14.5 Å². The van der Waals surface area contributed by atoms with E-state index in [0.717, 1.165) is 19.3 Å². The van der Waals surface area contributed by atoms with E-state index in [1.54, 1.807) is 0 Å². The number of nitrogens with zero attached hydrogens (tertiary/aromatic N) is 1. The number of benzene rings is 1. The van der Waals surface area contributed by atoms with Gasteiger partial charge < -0.3 is 0 Å².